The fraction of sp³-hybridized carbons (Fsp3) is 0.667. The molecule has 3 rings (SSSR count). The van der Waals surface area contributed by atoms with E-state index in [1.165, 1.54) is 4.31 Å². The number of carboxylic acid groups (broad SMARTS) is 1. The van der Waals surface area contributed by atoms with Gasteiger partial charge in [-0.3, -0.25) is 4.79 Å². The molecule has 27 heavy (non-hydrogen) atoms. The zero-order chi connectivity index (χ0) is 19.8. The minimum absolute atomic E-state index is 0.134. The van der Waals surface area contributed by atoms with Crippen LogP contribution in [0.2, 0.25) is 0 Å². The maximum Gasteiger partial charge on any atom is 0.371 e. The minimum atomic E-state index is -3.89. The zero-order valence-corrected chi connectivity index (χ0v) is 16.4. The molecule has 1 saturated carbocycles. The van der Waals surface area contributed by atoms with Crippen LogP contribution in [0.4, 0.5) is 0 Å². The molecule has 0 aromatic carbocycles. The van der Waals surface area contributed by atoms with Crippen LogP contribution in [-0.4, -0.2) is 60.3 Å². The van der Waals surface area contributed by atoms with E-state index in [0.717, 1.165) is 31.5 Å². The Morgan fingerprint density at radius 3 is 2.33 bits per heavy atom. The summed E-state index contributed by atoms with van der Waals surface area (Å²) in [6, 6.07) is 2.64. The van der Waals surface area contributed by atoms with E-state index in [0.29, 0.717) is 24.8 Å². The van der Waals surface area contributed by atoms with Crippen LogP contribution in [0.25, 0.3) is 0 Å². The summed E-state index contributed by atoms with van der Waals surface area (Å²) in [5, 5.41) is 8.52. The van der Waals surface area contributed by atoms with Gasteiger partial charge in [-0.25, -0.2) is 13.2 Å². The van der Waals surface area contributed by atoms with Crippen molar-refractivity contribution < 1.29 is 27.5 Å². The van der Waals surface area contributed by atoms with Crippen LogP contribution < -0.4 is 0 Å². The first-order valence-corrected chi connectivity index (χ1v) is 10.8. The maximum atomic E-state index is 12.9. The molecule has 0 bridgehead atoms. The largest absolute Gasteiger partial charge is 0.475 e. The van der Waals surface area contributed by atoms with Gasteiger partial charge >= 0.3 is 5.97 Å². The van der Waals surface area contributed by atoms with Crippen LogP contribution in [0.3, 0.4) is 0 Å². The van der Waals surface area contributed by atoms with Crippen molar-refractivity contribution in [2.75, 3.05) is 19.6 Å². The lowest BCUT2D eigenvalue weighted by Crippen LogP contribution is -2.45. The molecule has 2 heterocycles. The molecule has 0 radical (unpaired) electrons. The van der Waals surface area contributed by atoms with Gasteiger partial charge in [-0.2, -0.15) is 4.31 Å². The second kappa shape index (κ2) is 7.63. The highest BCUT2D eigenvalue weighted by Gasteiger charge is 2.39. The van der Waals surface area contributed by atoms with Gasteiger partial charge in [0.2, 0.25) is 16.8 Å². The van der Waals surface area contributed by atoms with Gasteiger partial charge in [0.05, 0.1) is 0 Å². The molecule has 1 aromatic rings. The van der Waals surface area contributed by atoms with Gasteiger partial charge in [-0.1, -0.05) is 13.8 Å². The summed E-state index contributed by atoms with van der Waals surface area (Å²) in [6.45, 7) is 5.37. The molecule has 1 N–H and O–H groups in total. The molecule has 8 nitrogen and oxygen atoms in total. The first-order chi connectivity index (χ1) is 12.7. The van der Waals surface area contributed by atoms with E-state index in [2.05, 4.69) is 13.8 Å². The molecule has 2 fully saturated rings. The molecule has 1 aliphatic heterocycles. The first-order valence-electron chi connectivity index (χ1n) is 9.34. The lowest BCUT2D eigenvalue weighted by atomic mass is 9.96. The Kier molecular flexibility index (Phi) is 5.62. The standard InChI is InChI=1S/C18H26N2O6S/c1-12(2)11-20(14-3-4-14)17(21)13-7-9-19(10-8-13)27(24,25)16-6-5-15(26-16)18(22)23/h5-6,12-14H,3-4,7-11H2,1-2H3,(H,22,23). The van der Waals surface area contributed by atoms with Crippen molar-refractivity contribution in [1.29, 1.82) is 0 Å². The van der Waals surface area contributed by atoms with Crippen molar-refractivity contribution in [1.82, 2.24) is 9.21 Å². The second-order valence-corrected chi connectivity index (χ2v) is 9.59. The van der Waals surface area contributed by atoms with E-state index < -0.39 is 21.8 Å². The van der Waals surface area contributed by atoms with Gasteiger partial charge in [-0.15, -0.1) is 0 Å². The highest BCUT2D eigenvalue weighted by atomic mass is 32.2. The number of rotatable bonds is 7. The van der Waals surface area contributed by atoms with E-state index in [-0.39, 0.29) is 30.0 Å². The molecule has 0 spiro atoms. The highest BCUT2D eigenvalue weighted by molar-refractivity contribution is 7.89. The third kappa shape index (κ3) is 4.35. The molecule has 0 unspecified atom stereocenters. The third-order valence-corrected chi connectivity index (χ3v) is 6.79. The van der Waals surface area contributed by atoms with Crippen molar-refractivity contribution >= 4 is 21.9 Å². The number of furan rings is 1. The maximum absolute atomic E-state index is 12.9. The van der Waals surface area contributed by atoms with Gasteiger partial charge in [0.1, 0.15) is 0 Å². The number of carbonyl (C=O) groups excluding carboxylic acids is 1. The Morgan fingerprint density at radius 2 is 1.85 bits per heavy atom. The van der Waals surface area contributed by atoms with E-state index >= 15 is 0 Å². The summed E-state index contributed by atoms with van der Waals surface area (Å²) in [7, 11) is -3.89. The summed E-state index contributed by atoms with van der Waals surface area (Å²) in [5.74, 6) is -1.35. The van der Waals surface area contributed by atoms with Gasteiger partial charge in [0, 0.05) is 31.6 Å². The van der Waals surface area contributed by atoms with Gasteiger partial charge in [0.15, 0.2) is 0 Å². The van der Waals surface area contributed by atoms with Crippen LogP contribution in [-0.2, 0) is 14.8 Å². The summed E-state index contributed by atoms with van der Waals surface area (Å²) < 4.78 is 31.5. The molecular formula is C18H26N2O6S. The van der Waals surface area contributed by atoms with Crippen LogP contribution in [0, 0.1) is 11.8 Å². The average molecular weight is 398 g/mol. The number of hydrogen-bond acceptors (Lipinski definition) is 5. The number of carbonyl (C=O) groups is 2. The van der Waals surface area contributed by atoms with E-state index in [9.17, 15) is 18.0 Å². The Labute approximate surface area is 159 Å². The average Bonchev–Trinajstić information content (AvgIpc) is 3.33. The van der Waals surface area contributed by atoms with Gasteiger partial charge < -0.3 is 14.4 Å². The molecule has 1 aromatic heterocycles. The number of hydrogen-bond donors (Lipinski definition) is 1. The topological polar surface area (TPSA) is 108 Å². The molecule has 9 heteroatoms. The Balaban J connectivity index is 1.63. The van der Waals surface area contributed by atoms with Crippen molar-refractivity contribution in [3.05, 3.63) is 17.9 Å². The number of aromatic carboxylic acids is 1. The smallest absolute Gasteiger partial charge is 0.371 e. The number of sulfonamides is 1. The predicted octanol–water partition coefficient (Wildman–Crippen LogP) is 2.03. The lowest BCUT2D eigenvalue weighted by Gasteiger charge is -2.34. The molecule has 1 aliphatic carbocycles. The Bertz CT molecular complexity index is 804. The van der Waals surface area contributed by atoms with Crippen molar-refractivity contribution in [2.45, 2.75) is 50.7 Å². The number of piperidine rings is 1. The van der Waals surface area contributed by atoms with Crippen LogP contribution >= 0.6 is 0 Å². The predicted molar refractivity (Wildman–Crippen MR) is 96.7 cm³/mol. The van der Waals surface area contributed by atoms with Crippen LogP contribution in [0.5, 0.6) is 0 Å². The number of nitrogens with zero attached hydrogens (tertiary/aromatic N) is 2. The fourth-order valence-corrected chi connectivity index (χ4v) is 4.86. The monoisotopic (exact) mass is 398 g/mol. The first kappa shape index (κ1) is 19.9. The lowest BCUT2D eigenvalue weighted by molar-refractivity contribution is -0.137. The fourth-order valence-electron chi connectivity index (χ4n) is 3.48. The molecule has 0 atom stereocenters. The van der Waals surface area contributed by atoms with E-state index in [4.69, 9.17) is 9.52 Å². The quantitative estimate of drug-likeness (QED) is 0.753. The minimum Gasteiger partial charge on any atom is -0.475 e. The van der Waals surface area contributed by atoms with Crippen molar-refractivity contribution in [3.8, 4) is 0 Å². The second-order valence-electron chi connectivity index (χ2n) is 7.72. The zero-order valence-electron chi connectivity index (χ0n) is 15.6. The van der Waals surface area contributed by atoms with E-state index in [1.54, 1.807) is 0 Å². The van der Waals surface area contributed by atoms with Gasteiger partial charge in [0.25, 0.3) is 10.0 Å². The Morgan fingerprint density at radius 1 is 1.22 bits per heavy atom. The highest BCUT2D eigenvalue weighted by Crippen LogP contribution is 2.32. The number of amides is 1. The van der Waals surface area contributed by atoms with E-state index in [1.807, 2.05) is 4.90 Å². The SMILES string of the molecule is CC(C)CN(C(=O)C1CCN(S(=O)(=O)c2ccc(C(=O)O)o2)CC1)C1CC1. The summed E-state index contributed by atoms with van der Waals surface area (Å²) >= 11 is 0. The normalized spacial score (nSPS) is 19.4. The number of carboxylic acids is 1. The summed E-state index contributed by atoms with van der Waals surface area (Å²) in [6.07, 6.45) is 3.03. The molecule has 150 valence electrons. The van der Waals surface area contributed by atoms with Crippen LogP contribution in [0.15, 0.2) is 21.6 Å². The molecule has 1 saturated heterocycles. The Hall–Kier alpha value is -1.87. The molecule has 2 aliphatic rings. The van der Waals surface area contributed by atoms with Crippen LogP contribution in [0.1, 0.15) is 50.1 Å². The summed E-state index contributed by atoms with van der Waals surface area (Å²) in [4.78, 5) is 25.8. The van der Waals surface area contributed by atoms with Crippen molar-refractivity contribution in [3.63, 3.8) is 0 Å². The molecular weight excluding hydrogens is 372 g/mol. The summed E-state index contributed by atoms with van der Waals surface area (Å²) in [5.41, 5.74) is 0. The van der Waals surface area contributed by atoms with Gasteiger partial charge in [-0.05, 0) is 43.7 Å². The van der Waals surface area contributed by atoms with Crippen molar-refractivity contribution in [2.24, 2.45) is 11.8 Å². The third-order valence-electron chi connectivity index (χ3n) is 5.02. The molecule has 1 amide bonds.